The van der Waals surface area contributed by atoms with Crippen LogP contribution in [0.15, 0.2) is 0 Å². The molecule has 0 aromatic rings. The van der Waals surface area contributed by atoms with E-state index in [4.69, 9.17) is 0 Å². The number of aliphatic hydroxyl groups is 1. The maximum absolute atomic E-state index is 12.5. The van der Waals surface area contributed by atoms with E-state index in [1.54, 1.807) is 4.90 Å². The highest BCUT2D eigenvalue weighted by atomic mass is 16.4. The lowest BCUT2D eigenvalue weighted by molar-refractivity contribution is -0.144. The van der Waals surface area contributed by atoms with Crippen LogP contribution in [-0.4, -0.2) is 51.8 Å². The number of nitrogens with zero attached hydrogens (tertiary/aromatic N) is 1. The van der Waals surface area contributed by atoms with E-state index in [1.165, 1.54) is 13.3 Å². The van der Waals surface area contributed by atoms with E-state index in [9.17, 15) is 19.8 Å². The van der Waals surface area contributed by atoms with Gasteiger partial charge >= 0.3 is 12.0 Å². The summed E-state index contributed by atoms with van der Waals surface area (Å²) < 4.78 is 0. The average molecular weight is 300 g/mol. The molecular formula is C15H28N2O4. The topological polar surface area (TPSA) is 89.9 Å². The molecule has 0 aliphatic heterocycles. The fourth-order valence-corrected chi connectivity index (χ4v) is 2.98. The number of aliphatic hydroxyl groups excluding tert-OH is 1. The molecule has 1 rings (SSSR count). The van der Waals surface area contributed by atoms with Crippen LogP contribution in [0.5, 0.6) is 0 Å². The predicted octanol–water partition coefficient (Wildman–Crippen LogP) is 1.97. The van der Waals surface area contributed by atoms with Crippen LogP contribution in [-0.2, 0) is 4.79 Å². The van der Waals surface area contributed by atoms with Gasteiger partial charge in [-0.15, -0.1) is 0 Å². The Balaban J connectivity index is 2.77. The number of carboxylic acids is 1. The van der Waals surface area contributed by atoms with E-state index in [0.29, 0.717) is 12.8 Å². The van der Waals surface area contributed by atoms with Crippen LogP contribution in [0.4, 0.5) is 4.79 Å². The molecule has 0 aromatic heterocycles. The molecule has 0 aromatic carbocycles. The molecule has 0 spiro atoms. The van der Waals surface area contributed by atoms with Crippen molar-refractivity contribution in [2.24, 2.45) is 0 Å². The summed E-state index contributed by atoms with van der Waals surface area (Å²) in [5.41, 5.74) is -1.26. The zero-order chi connectivity index (χ0) is 15.9. The fraction of sp³-hybridized carbons (Fsp3) is 0.867. The van der Waals surface area contributed by atoms with Crippen molar-refractivity contribution in [3.63, 3.8) is 0 Å². The van der Waals surface area contributed by atoms with Gasteiger partial charge in [-0.05, 0) is 26.2 Å². The second kappa shape index (κ2) is 8.22. The van der Waals surface area contributed by atoms with Gasteiger partial charge in [0.05, 0.1) is 6.61 Å². The molecule has 1 aliphatic rings. The van der Waals surface area contributed by atoms with Crippen molar-refractivity contribution in [1.29, 1.82) is 0 Å². The lowest BCUT2D eigenvalue weighted by Crippen LogP contribution is -2.58. The third kappa shape index (κ3) is 4.88. The quantitative estimate of drug-likeness (QED) is 0.670. The summed E-state index contributed by atoms with van der Waals surface area (Å²) in [7, 11) is 0. The Kier molecular flexibility index (Phi) is 6.95. The molecule has 6 heteroatoms. The van der Waals surface area contributed by atoms with Crippen molar-refractivity contribution >= 4 is 12.0 Å². The van der Waals surface area contributed by atoms with Crippen molar-refractivity contribution in [3.05, 3.63) is 0 Å². The second-order valence-corrected chi connectivity index (χ2v) is 6.03. The van der Waals surface area contributed by atoms with Crippen LogP contribution >= 0.6 is 0 Å². The summed E-state index contributed by atoms with van der Waals surface area (Å²) in [5, 5.41) is 21.2. The van der Waals surface area contributed by atoms with Crippen LogP contribution in [0, 0.1) is 0 Å². The smallest absolute Gasteiger partial charge is 0.329 e. The molecule has 0 bridgehead atoms. The van der Waals surface area contributed by atoms with Gasteiger partial charge in [0.1, 0.15) is 5.54 Å². The fourth-order valence-electron chi connectivity index (χ4n) is 2.98. The van der Waals surface area contributed by atoms with Crippen molar-refractivity contribution in [3.8, 4) is 0 Å². The molecule has 1 fully saturated rings. The lowest BCUT2D eigenvalue weighted by Gasteiger charge is -2.36. The molecule has 2 amide bonds. The monoisotopic (exact) mass is 300 g/mol. The molecule has 1 aliphatic carbocycles. The van der Waals surface area contributed by atoms with Gasteiger partial charge in [0.2, 0.25) is 0 Å². The zero-order valence-electron chi connectivity index (χ0n) is 13.1. The first-order valence-electron chi connectivity index (χ1n) is 7.87. The van der Waals surface area contributed by atoms with E-state index < -0.39 is 11.5 Å². The van der Waals surface area contributed by atoms with Gasteiger partial charge in [-0.1, -0.05) is 32.6 Å². The Labute approximate surface area is 126 Å². The SMILES string of the molecule is CCCC(C)(NC(=O)N(CCO)C1CCCCC1)C(=O)O. The maximum atomic E-state index is 12.5. The number of hydrogen-bond donors (Lipinski definition) is 3. The average Bonchev–Trinajstić information content (AvgIpc) is 2.45. The molecule has 122 valence electrons. The third-order valence-corrected chi connectivity index (χ3v) is 4.22. The van der Waals surface area contributed by atoms with Crippen LogP contribution in [0.2, 0.25) is 0 Å². The summed E-state index contributed by atoms with van der Waals surface area (Å²) in [6.45, 7) is 3.56. The standard InChI is InChI=1S/C15H28N2O4/c1-3-9-15(2,13(19)20)16-14(21)17(10-11-18)12-7-5-4-6-8-12/h12,18H,3-11H2,1-2H3,(H,16,21)(H,19,20). The van der Waals surface area contributed by atoms with Gasteiger partial charge in [-0.2, -0.15) is 0 Å². The molecule has 1 atom stereocenters. The molecule has 1 saturated carbocycles. The zero-order valence-corrected chi connectivity index (χ0v) is 13.1. The van der Waals surface area contributed by atoms with E-state index in [-0.39, 0.29) is 25.2 Å². The molecular weight excluding hydrogens is 272 g/mol. The molecule has 21 heavy (non-hydrogen) atoms. The highest BCUT2D eigenvalue weighted by Gasteiger charge is 2.36. The molecule has 0 saturated heterocycles. The Hall–Kier alpha value is -1.30. The third-order valence-electron chi connectivity index (χ3n) is 4.22. The van der Waals surface area contributed by atoms with E-state index >= 15 is 0 Å². The van der Waals surface area contributed by atoms with Crippen LogP contribution in [0.3, 0.4) is 0 Å². The van der Waals surface area contributed by atoms with Crippen molar-refractivity contribution < 1.29 is 19.8 Å². The van der Waals surface area contributed by atoms with Crippen molar-refractivity contribution in [2.75, 3.05) is 13.2 Å². The van der Waals surface area contributed by atoms with Gasteiger partial charge in [0.15, 0.2) is 0 Å². The second-order valence-electron chi connectivity index (χ2n) is 6.03. The summed E-state index contributed by atoms with van der Waals surface area (Å²) in [6, 6.07) is -0.278. The first kappa shape index (κ1) is 17.8. The normalized spacial score (nSPS) is 18.8. The lowest BCUT2D eigenvalue weighted by atomic mass is 9.93. The Bertz CT molecular complexity index is 356. The van der Waals surface area contributed by atoms with Crippen LogP contribution < -0.4 is 5.32 Å². The van der Waals surface area contributed by atoms with Crippen molar-refractivity contribution in [1.82, 2.24) is 10.2 Å². The largest absolute Gasteiger partial charge is 0.480 e. The molecule has 6 nitrogen and oxygen atoms in total. The number of carbonyl (C=O) groups is 2. The Morgan fingerprint density at radius 1 is 1.29 bits per heavy atom. The summed E-state index contributed by atoms with van der Waals surface area (Å²) in [6.07, 6.45) is 6.22. The number of aliphatic carboxylic acids is 1. The minimum Gasteiger partial charge on any atom is -0.480 e. The summed E-state index contributed by atoms with van der Waals surface area (Å²) in [5.74, 6) is -1.02. The maximum Gasteiger partial charge on any atom is 0.329 e. The molecule has 3 N–H and O–H groups in total. The Morgan fingerprint density at radius 3 is 2.38 bits per heavy atom. The van der Waals surface area contributed by atoms with Crippen LogP contribution in [0.1, 0.15) is 58.8 Å². The molecule has 1 unspecified atom stereocenters. The van der Waals surface area contributed by atoms with Gasteiger partial charge in [0.25, 0.3) is 0 Å². The van der Waals surface area contributed by atoms with Gasteiger partial charge < -0.3 is 20.4 Å². The minimum absolute atomic E-state index is 0.102. The van der Waals surface area contributed by atoms with Gasteiger partial charge in [-0.3, -0.25) is 0 Å². The number of urea groups is 1. The number of nitrogens with one attached hydrogen (secondary N) is 1. The minimum atomic E-state index is -1.26. The number of carbonyl (C=O) groups excluding carboxylic acids is 1. The highest BCUT2D eigenvalue weighted by molar-refractivity contribution is 5.86. The van der Waals surface area contributed by atoms with Gasteiger partial charge in [-0.25, -0.2) is 9.59 Å². The predicted molar refractivity (Wildman–Crippen MR) is 80.1 cm³/mol. The molecule has 0 radical (unpaired) electrons. The van der Waals surface area contributed by atoms with Crippen molar-refractivity contribution in [2.45, 2.75) is 70.4 Å². The molecule has 0 heterocycles. The highest BCUT2D eigenvalue weighted by Crippen LogP contribution is 2.23. The summed E-state index contributed by atoms with van der Waals surface area (Å²) in [4.78, 5) is 25.5. The summed E-state index contributed by atoms with van der Waals surface area (Å²) >= 11 is 0. The number of rotatable bonds is 7. The number of carboxylic acid groups (broad SMARTS) is 1. The van der Waals surface area contributed by atoms with E-state index in [0.717, 1.165) is 25.7 Å². The number of hydrogen-bond acceptors (Lipinski definition) is 3. The van der Waals surface area contributed by atoms with Gasteiger partial charge in [0, 0.05) is 12.6 Å². The Morgan fingerprint density at radius 2 is 1.90 bits per heavy atom. The van der Waals surface area contributed by atoms with Crippen LogP contribution in [0.25, 0.3) is 0 Å². The first-order valence-corrected chi connectivity index (χ1v) is 7.87. The first-order chi connectivity index (χ1) is 9.94. The van der Waals surface area contributed by atoms with E-state index in [2.05, 4.69) is 5.32 Å². The number of amides is 2. The van der Waals surface area contributed by atoms with E-state index in [1.807, 2.05) is 6.92 Å².